The molecule has 9 atom stereocenters. The van der Waals surface area contributed by atoms with Crippen molar-refractivity contribution in [3.8, 4) is 0 Å². The number of rotatable bonds is 11. The molecule has 1 aromatic rings. The van der Waals surface area contributed by atoms with Gasteiger partial charge in [0.05, 0.1) is 11.4 Å². The summed E-state index contributed by atoms with van der Waals surface area (Å²) in [5.74, 6) is -0.931. The number of carbonyl (C=O) groups is 2. The molecule has 0 aliphatic carbocycles. The van der Waals surface area contributed by atoms with Gasteiger partial charge in [0, 0.05) is 20.3 Å². The molecular weight excluding hydrogens is 584 g/mol. The average Bonchev–Trinajstić information content (AvgIpc) is 3.12. The van der Waals surface area contributed by atoms with E-state index in [0.29, 0.717) is 25.9 Å². The third-order valence-corrected chi connectivity index (χ3v) is 8.79. The van der Waals surface area contributed by atoms with Gasteiger partial charge in [-0.1, -0.05) is 0 Å². The summed E-state index contributed by atoms with van der Waals surface area (Å²) in [5.41, 5.74) is -0.850. The molecule has 1 aromatic heterocycles. The first-order valence-electron chi connectivity index (χ1n) is 13.7. The second kappa shape index (κ2) is 15.6. The second-order valence-corrected chi connectivity index (χ2v) is 12.1. The van der Waals surface area contributed by atoms with Crippen molar-refractivity contribution in [1.29, 1.82) is 0 Å². The quantitative estimate of drug-likeness (QED) is 0.205. The fourth-order valence-corrected chi connectivity index (χ4v) is 6.15. The number of methoxy groups -OCH3 is 1. The Kier molecular flexibility index (Phi) is 12.8. The maximum Gasteiger partial charge on any atom is 0.519 e. The normalized spacial score (nSPS) is 30.3. The molecule has 0 spiro atoms. The number of carbonyl (C=O) groups excluding carboxylic acids is 2. The summed E-state index contributed by atoms with van der Waals surface area (Å²) in [5, 5.41) is 33.4. The first-order chi connectivity index (χ1) is 19.5. The highest BCUT2D eigenvalue weighted by Gasteiger charge is 2.48. The third-order valence-electron chi connectivity index (χ3n) is 7.66. The highest BCUT2D eigenvalue weighted by Crippen LogP contribution is 2.31. The smallest absolute Gasteiger partial charge is 0.441 e. The predicted molar refractivity (Wildman–Crippen MR) is 149 cm³/mol. The van der Waals surface area contributed by atoms with E-state index in [-0.39, 0.29) is 30.6 Å². The predicted octanol–water partition coefficient (Wildman–Crippen LogP) is 1.36. The highest BCUT2D eigenvalue weighted by atomic mass is 35.5. The molecule has 2 saturated heterocycles. The van der Waals surface area contributed by atoms with Gasteiger partial charge in [-0.2, -0.15) is 0 Å². The fourth-order valence-electron chi connectivity index (χ4n) is 5.27. The van der Waals surface area contributed by atoms with Crippen LogP contribution < -0.4 is 11.1 Å². The van der Waals surface area contributed by atoms with Crippen LogP contribution in [0.4, 0.5) is 4.79 Å². The summed E-state index contributed by atoms with van der Waals surface area (Å²) in [6, 6.07) is -1.89. The third kappa shape index (κ3) is 8.62. The van der Waals surface area contributed by atoms with Crippen LogP contribution >= 0.6 is 23.4 Å². The Morgan fingerprint density at radius 3 is 2.51 bits per heavy atom. The van der Waals surface area contributed by atoms with Gasteiger partial charge in [0.15, 0.2) is 18.1 Å². The minimum absolute atomic E-state index is 0.0696. The molecule has 13 nitrogen and oxygen atoms in total. The zero-order valence-corrected chi connectivity index (χ0v) is 25.3. The molecular formula is C26H41ClN2O11S. The van der Waals surface area contributed by atoms with Crippen molar-refractivity contribution >= 4 is 35.4 Å². The summed E-state index contributed by atoms with van der Waals surface area (Å²) in [4.78, 5) is 39.7. The molecule has 0 saturated carbocycles. The number of thioether (sulfide) groups is 1. The Balaban J connectivity index is 1.79. The van der Waals surface area contributed by atoms with Gasteiger partial charge in [0.25, 0.3) is 0 Å². The van der Waals surface area contributed by atoms with Crippen LogP contribution in [0.2, 0.25) is 0 Å². The summed E-state index contributed by atoms with van der Waals surface area (Å²) >= 11 is 7.59. The lowest BCUT2D eigenvalue weighted by molar-refractivity contribution is -0.205. The zero-order valence-electron chi connectivity index (χ0n) is 23.7. The van der Waals surface area contributed by atoms with Crippen molar-refractivity contribution in [3.63, 3.8) is 0 Å². The molecule has 3 rings (SSSR count). The molecule has 0 radical (unpaired) electrons. The first kappa shape index (κ1) is 33.7. The van der Waals surface area contributed by atoms with Crippen LogP contribution in [0.25, 0.3) is 0 Å². The number of hydrogen-bond donors (Lipinski definition) is 4. The van der Waals surface area contributed by atoms with Gasteiger partial charge >= 0.3 is 11.9 Å². The largest absolute Gasteiger partial charge is 0.519 e. The van der Waals surface area contributed by atoms with E-state index in [4.69, 9.17) is 34.6 Å². The van der Waals surface area contributed by atoms with Gasteiger partial charge in [0.1, 0.15) is 35.9 Å². The standard InChI is InChI=1S/C26H41ClN2O11S/c1-13(27)18(22-20(31)19(30)21(32)24(40-22)41-4)28-23(33)16-8-7-15(6-5-11-36-3)9-10-29(16)25(34)37-12-17-14(2)38-26(35)39-17/h13,15-16,18-22,24,30-32H,5-12H2,1-4H3,(H,28,33)/t13-,15-,16?,18+,19-,20+,21+,22+,24+/m0/s1. The van der Waals surface area contributed by atoms with Crippen molar-refractivity contribution in [2.24, 2.45) is 5.92 Å². The monoisotopic (exact) mass is 624 g/mol. The van der Waals surface area contributed by atoms with Crippen LogP contribution in [0.1, 0.15) is 50.5 Å². The minimum atomic E-state index is -1.52. The summed E-state index contributed by atoms with van der Waals surface area (Å²) in [7, 11) is 1.64. The Bertz CT molecular complexity index is 1050. The Morgan fingerprint density at radius 2 is 1.90 bits per heavy atom. The van der Waals surface area contributed by atoms with Crippen LogP contribution in [0.5, 0.6) is 0 Å². The maximum absolute atomic E-state index is 13.8. The molecule has 1 unspecified atom stereocenters. The Hall–Kier alpha value is -1.81. The Morgan fingerprint density at radius 1 is 1.17 bits per heavy atom. The fraction of sp³-hybridized carbons (Fsp3) is 0.808. The molecule has 234 valence electrons. The van der Waals surface area contributed by atoms with E-state index in [1.165, 1.54) is 11.8 Å². The summed E-state index contributed by atoms with van der Waals surface area (Å²) in [6.07, 6.45) is -1.21. The van der Waals surface area contributed by atoms with Gasteiger partial charge in [-0.15, -0.1) is 23.4 Å². The number of aliphatic hydroxyl groups excluding tert-OH is 3. The number of alkyl halides is 1. The highest BCUT2D eigenvalue weighted by molar-refractivity contribution is 7.99. The lowest BCUT2D eigenvalue weighted by atomic mass is 9.92. The first-order valence-corrected chi connectivity index (χ1v) is 15.4. The van der Waals surface area contributed by atoms with E-state index in [9.17, 15) is 29.7 Å². The van der Waals surface area contributed by atoms with E-state index in [2.05, 4.69) is 5.32 Å². The zero-order chi connectivity index (χ0) is 30.3. The van der Waals surface area contributed by atoms with Crippen LogP contribution in [0.15, 0.2) is 13.6 Å². The molecule has 2 aliphatic heterocycles. The molecule has 15 heteroatoms. The van der Waals surface area contributed by atoms with E-state index < -0.39 is 65.1 Å². The molecule has 4 N–H and O–H groups in total. The van der Waals surface area contributed by atoms with E-state index in [0.717, 1.165) is 24.6 Å². The Labute approximate surface area is 247 Å². The number of ether oxygens (including phenoxy) is 3. The van der Waals surface area contributed by atoms with E-state index in [1.807, 2.05) is 0 Å². The number of nitrogens with zero attached hydrogens (tertiary/aromatic N) is 1. The van der Waals surface area contributed by atoms with Crippen LogP contribution in [-0.2, 0) is 25.6 Å². The number of halogens is 1. The van der Waals surface area contributed by atoms with Crippen LogP contribution in [0.3, 0.4) is 0 Å². The lowest BCUT2D eigenvalue weighted by Crippen LogP contribution is -2.65. The lowest BCUT2D eigenvalue weighted by Gasteiger charge is -2.44. The summed E-state index contributed by atoms with van der Waals surface area (Å²) in [6.45, 7) is 3.62. The van der Waals surface area contributed by atoms with Crippen LogP contribution in [0, 0.1) is 12.8 Å². The number of hydrogen-bond acceptors (Lipinski definition) is 12. The number of nitrogens with one attached hydrogen (secondary N) is 1. The molecule has 0 bridgehead atoms. The summed E-state index contributed by atoms with van der Waals surface area (Å²) < 4.78 is 26.2. The topological polar surface area (TPSA) is 181 Å². The van der Waals surface area contributed by atoms with Gasteiger partial charge in [-0.05, 0) is 58.1 Å². The number of aryl methyl sites for hydroxylation is 1. The molecule has 2 amide bonds. The average molecular weight is 625 g/mol. The van der Waals surface area contributed by atoms with Gasteiger partial charge < -0.3 is 43.7 Å². The van der Waals surface area contributed by atoms with Crippen molar-refractivity contribution < 1.29 is 48.0 Å². The number of aliphatic hydroxyl groups is 3. The van der Waals surface area contributed by atoms with E-state index >= 15 is 0 Å². The van der Waals surface area contributed by atoms with Gasteiger partial charge in [0.2, 0.25) is 5.91 Å². The van der Waals surface area contributed by atoms with Crippen molar-refractivity contribution in [2.45, 2.75) is 99.9 Å². The van der Waals surface area contributed by atoms with Crippen molar-refractivity contribution in [2.75, 3.05) is 26.5 Å². The maximum atomic E-state index is 13.8. The number of amides is 2. The van der Waals surface area contributed by atoms with Crippen molar-refractivity contribution in [1.82, 2.24) is 10.2 Å². The molecule has 2 fully saturated rings. The van der Waals surface area contributed by atoms with Gasteiger partial charge in [-0.3, -0.25) is 9.69 Å². The molecule has 3 heterocycles. The van der Waals surface area contributed by atoms with Crippen LogP contribution in [-0.4, -0.2) is 106 Å². The minimum Gasteiger partial charge on any atom is -0.441 e. The van der Waals surface area contributed by atoms with Gasteiger partial charge in [-0.25, -0.2) is 9.59 Å². The second-order valence-electron chi connectivity index (χ2n) is 10.5. The SMILES string of the molecule is COCCC[C@H]1CCC(C(=O)N[C@@H]([C@H]2O[C@H](SC)[C@H](O)[C@@H](O)[C@H]2O)[C@H](C)Cl)N(C(=O)OCc2oc(=O)oc2C)CC1. The van der Waals surface area contributed by atoms with Crippen molar-refractivity contribution in [3.05, 3.63) is 22.1 Å². The molecule has 0 aromatic carbocycles. The molecule has 2 aliphatic rings. The van der Waals surface area contributed by atoms with E-state index in [1.54, 1.807) is 20.3 Å². The molecule has 41 heavy (non-hydrogen) atoms. The number of likely N-dealkylation sites (tertiary alicyclic amines) is 1.